The summed E-state index contributed by atoms with van der Waals surface area (Å²) in [5.74, 6) is -2.19. The minimum Gasteiger partial charge on any atom is -0.329 e. The zero-order valence-electron chi connectivity index (χ0n) is 12.6. The molecule has 0 saturated carbocycles. The Balaban J connectivity index is 1.89. The summed E-state index contributed by atoms with van der Waals surface area (Å²) in [7, 11) is 0. The molecule has 1 aliphatic rings. The number of aromatic nitrogens is 4. The minimum absolute atomic E-state index is 0.127. The summed E-state index contributed by atoms with van der Waals surface area (Å²) in [4.78, 5) is 16.7. The number of amides is 1. The molecule has 0 fully saturated rings. The molecular weight excluding hydrogens is 392 g/mol. The Kier molecular flexibility index (Phi) is 4.33. The van der Waals surface area contributed by atoms with E-state index >= 15 is 0 Å². The van der Waals surface area contributed by atoms with Crippen LogP contribution in [0.4, 0.5) is 26.3 Å². The zero-order chi connectivity index (χ0) is 19.3. The molecule has 0 radical (unpaired) electrons. The first kappa shape index (κ1) is 18.4. The second-order valence-electron chi connectivity index (χ2n) is 5.33. The van der Waals surface area contributed by atoms with Gasteiger partial charge in [0.05, 0.1) is 17.1 Å². The van der Waals surface area contributed by atoms with Gasteiger partial charge in [0, 0.05) is 19.3 Å². The molecule has 0 N–H and O–H groups in total. The molecule has 0 atom stereocenters. The molecule has 0 aliphatic carbocycles. The van der Waals surface area contributed by atoms with Gasteiger partial charge in [0.25, 0.3) is 5.91 Å². The number of hydrogen-bond acceptors (Lipinski definition) is 4. The van der Waals surface area contributed by atoms with E-state index in [-0.39, 0.29) is 25.5 Å². The third-order valence-electron chi connectivity index (χ3n) is 3.68. The van der Waals surface area contributed by atoms with Crippen molar-refractivity contribution < 1.29 is 31.1 Å². The molecular formula is C13H8ClF6N5O. The van der Waals surface area contributed by atoms with Gasteiger partial charge in [-0.15, -0.1) is 10.2 Å². The van der Waals surface area contributed by atoms with Crippen molar-refractivity contribution in [1.82, 2.24) is 24.6 Å². The van der Waals surface area contributed by atoms with Crippen LogP contribution >= 0.6 is 11.6 Å². The highest BCUT2D eigenvalue weighted by molar-refractivity contribution is 6.34. The van der Waals surface area contributed by atoms with Gasteiger partial charge in [0.2, 0.25) is 5.82 Å². The molecule has 26 heavy (non-hydrogen) atoms. The molecule has 0 unspecified atom stereocenters. The number of fused-ring (bicyclic) bond motifs is 1. The van der Waals surface area contributed by atoms with Crippen LogP contribution in [0.3, 0.4) is 0 Å². The van der Waals surface area contributed by atoms with Crippen molar-refractivity contribution in [3.8, 4) is 0 Å². The molecule has 0 aromatic carbocycles. The van der Waals surface area contributed by atoms with Crippen molar-refractivity contribution in [2.75, 3.05) is 6.54 Å². The summed E-state index contributed by atoms with van der Waals surface area (Å²) in [6, 6.07) is 1.01. The molecule has 0 bridgehead atoms. The third-order valence-corrected chi connectivity index (χ3v) is 4.06. The molecule has 1 amide bonds. The van der Waals surface area contributed by atoms with Gasteiger partial charge in [0.15, 0.2) is 11.5 Å². The second kappa shape index (κ2) is 6.11. The normalized spacial score (nSPS) is 15.1. The molecule has 13 heteroatoms. The Morgan fingerprint density at radius 1 is 1.08 bits per heavy atom. The van der Waals surface area contributed by atoms with E-state index in [1.54, 1.807) is 0 Å². The number of rotatable bonds is 1. The first-order valence-electron chi connectivity index (χ1n) is 7.00. The van der Waals surface area contributed by atoms with Gasteiger partial charge in [-0.25, -0.2) is 0 Å². The highest BCUT2D eigenvalue weighted by Crippen LogP contribution is 2.35. The second-order valence-corrected chi connectivity index (χ2v) is 5.71. The van der Waals surface area contributed by atoms with Crippen LogP contribution in [0.25, 0.3) is 0 Å². The molecule has 2 aromatic heterocycles. The fourth-order valence-electron chi connectivity index (χ4n) is 2.52. The molecule has 0 spiro atoms. The Morgan fingerprint density at radius 2 is 1.77 bits per heavy atom. The number of carbonyl (C=O) groups is 1. The molecule has 2 aromatic rings. The molecule has 6 nitrogen and oxygen atoms in total. The number of halogens is 7. The number of alkyl halides is 6. The van der Waals surface area contributed by atoms with Crippen LogP contribution in [-0.2, 0) is 25.4 Å². The van der Waals surface area contributed by atoms with E-state index in [4.69, 9.17) is 11.6 Å². The summed E-state index contributed by atoms with van der Waals surface area (Å²) < 4.78 is 77.8. The maximum Gasteiger partial charge on any atom is 0.451 e. The van der Waals surface area contributed by atoms with E-state index in [2.05, 4.69) is 15.2 Å². The fraction of sp³-hybridized carbons (Fsp3) is 0.385. The fourth-order valence-corrected chi connectivity index (χ4v) is 2.82. The van der Waals surface area contributed by atoms with Crippen molar-refractivity contribution in [2.45, 2.75) is 25.4 Å². The molecule has 3 heterocycles. The van der Waals surface area contributed by atoms with E-state index in [1.165, 1.54) is 0 Å². The molecule has 1 aliphatic heterocycles. The third kappa shape index (κ3) is 3.20. The van der Waals surface area contributed by atoms with Crippen LogP contribution in [0.2, 0.25) is 5.02 Å². The Hall–Kier alpha value is -2.37. The Morgan fingerprint density at radius 3 is 2.38 bits per heavy atom. The summed E-state index contributed by atoms with van der Waals surface area (Å²) in [5.41, 5.74) is -1.86. The average Bonchev–Trinajstić information content (AvgIpc) is 2.96. The highest BCUT2D eigenvalue weighted by atomic mass is 35.5. The lowest BCUT2D eigenvalue weighted by Gasteiger charge is -2.28. The number of nitrogens with zero attached hydrogens (tertiary/aromatic N) is 5. The molecule has 0 saturated heterocycles. The lowest BCUT2D eigenvalue weighted by molar-refractivity contribution is -0.148. The standard InChI is InChI=1S/C13H8ClF6N5O/c14-8-6(1-2-21-9(8)12(15,16)17)10(26)24-3-4-25-7(5-24)22-23-11(25)13(18,19)20/h1-2H,3-5H2. The largest absolute Gasteiger partial charge is 0.451 e. The van der Waals surface area contributed by atoms with Crippen molar-refractivity contribution >= 4 is 17.5 Å². The van der Waals surface area contributed by atoms with E-state index < -0.39 is 40.4 Å². The Bertz CT molecular complexity index is 862. The highest BCUT2D eigenvalue weighted by Gasteiger charge is 2.41. The van der Waals surface area contributed by atoms with Gasteiger partial charge in [-0.1, -0.05) is 11.6 Å². The van der Waals surface area contributed by atoms with Gasteiger partial charge >= 0.3 is 12.4 Å². The van der Waals surface area contributed by atoms with Gasteiger partial charge in [-0.3, -0.25) is 9.78 Å². The van der Waals surface area contributed by atoms with Gasteiger partial charge in [-0.2, -0.15) is 26.3 Å². The summed E-state index contributed by atoms with van der Waals surface area (Å²) in [5, 5.41) is 5.60. The van der Waals surface area contributed by atoms with Crippen LogP contribution in [0.15, 0.2) is 12.3 Å². The number of carbonyl (C=O) groups excluding carboxylic acids is 1. The van der Waals surface area contributed by atoms with E-state index in [9.17, 15) is 31.1 Å². The number of pyridine rings is 1. The van der Waals surface area contributed by atoms with Crippen LogP contribution in [0, 0.1) is 0 Å². The van der Waals surface area contributed by atoms with Crippen LogP contribution < -0.4 is 0 Å². The molecule has 140 valence electrons. The van der Waals surface area contributed by atoms with Crippen LogP contribution in [-0.4, -0.2) is 37.1 Å². The van der Waals surface area contributed by atoms with Crippen molar-refractivity contribution in [3.63, 3.8) is 0 Å². The predicted octanol–water partition coefficient (Wildman–Crippen LogP) is 3.02. The predicted molar refractivity (Wildman–Crippen MR) is 74.0 cm³/mol. The first-order valence-corrected chi connectivity index (χ1v) is 7.38. The van der Waals surface area contributed by atoms with Gasteiger partial charge < -0.3 is 9.47 Å². The zero-order valence-corrected chi connectivity index (χ0v) is 13.3. The van der Waals surface area contributed by atoms with E-state index in [1.807, 2.05) is 0 Å². The van der Waals surface area contributed by atoms with E-state index in [0.717, 1.165) is 21.7 Å². The maximum atomic E-state index is 12.8. The van der Waals surface area contributed by atoms with Crippen molar-refractivity contribution in [1.29, 1.82) is 0 Å². The smallest absolute Gasteiger partial charge is 0.329 e. The quantitative estimate of drug-likeness (QED) is 0.692. The minimum atomic E-state index is -4.85. The monoisotopic (exact) mass is 399 g/mol. The lowest BCUT2D eigenvalue weighted by Crippen LogP contribution is -2.39. The lowest BCUT2D eigenvalue weighted by atomic mass is 10.1. The maximum absolute atomic E-state index is 12.8. The first-order chi connectivity index (χ1) is 12.0. The summed E-state index contributed by atoms with van der Waals surface area (Å²) in [6.45, 7) is -0.771. The average molecular weight is 400 g/mol. The van der Waals surface area contributed by atoms with Crippen molar-refractivity contribution in [3.05, 3.63) is 40.2 Å². The summed E-state index contributed by atoms with van der Waals surface area (Å²) >= 11 is 5.66. The van der Waals surface area contributed by atoms with Crippen LogP contribution in [0.1, 0.15) is 27.7 Å². The van der Waals surface area contributed by atoms with Crippen LogP contribution in [0.5, 0.6) is 0 Å². The topological polar surface area (TPSA) is 63.9 Å². The number of hydrogen-bond donors (Lipinski definition) is 0. The summed E-state index contributed by atoms with van der Waals surface area (Å²) in [6.07, 6.45) is -8.76. The van der Waals surface area contributed by atoms with E-state index in [0.29, 0.717) is 0 Å². The SMILES string of the molecule is O=C(c1ccnc(C(F)(F)F)c1Cl)N1CCn2c(nnc2C(F)(F)F)C1. The Labute approximate surface area is 146 Å². The van der Waals surface area contributed by atoms with Gasteiger partial charge in [0.1, 0.15) is 0 Å². The van der Waals surface area contributed by atoms with Gasteiger partial charge in [-0.05, 0) is 6.07 Å². The molecule has 3 rings (SSSR count). The van der Waals surface area contributed by atoms with Crippen molar-refractivity contribution in [2.24, 2.45) is 0 Å².